The molecule has 0 bridgehead atoms. The average Bonchev–Trinajstić information content (AvgIpc) is 2.90. The quantitative estimate of drug-likeness (QED) is 0.387. The van der Waals surface area contributed by atoms with Gasteiger partial charge in [-0.15, -0.1) is 0 Å². The van der Waals surface area contributed by atoms with E-state index in [0.29, 0.717) is 48.9 Å². The molecule has 2 aromatic carbocycles. The van der Waals surface area contributed by atoms with E-state index in [9.17, 15) is 9.59 Å². The number of amides is 2. The van der Waals surface area contributed by atoms with Gasteiger partial charge < -0.3 is 19.4 Å². The highest BCUT2D eigenvalue weighted by Crippen LogP contribution is 2.31. The van der Waals surface area contributed by atoms with Crippen molar-refractivity contribution in [1.82, 2.24) is 19.7 Å². The number of pyridine rings is 1. The maximum absolute atomic E-state index is 13.3. The number of ether oxygens (including phenoxy) is 1. The summed E-state index contributed by atoms with van der Waals surface area (Å²) in [5, 5.41) is 1.40. The van der Waals surface area contributed by atoms with Gasteiger partial charge in [-0.25, -0.2) is 9.78 Å². The molecule has 1 aliphatic rings. The fourth-order valence-electron chi connectivity index (χ4n) is 5.00. The molecule has 1 saturated heterocycles. The van der Waals surface area contributed by atoms with E-state index in [4.69, 9.17) is 21.3 Å². The van der Waals surface area contributed by atoms with Gasteiger partial charge >= 0.3 is 6.09 Å². The number of piperazine rings is 1. The van der Waals surface area contributed by atoms with Gasteiger partial charge in [-0.1, -0.05) is 62.7 Å². The number of halogens is 1. The molecular weight excluding hydrogens is 500 g/mol. The summed E-state index contributed by atoms with van der Waals surface area (Å²) in [6.07, 6.45) is 0.469. The smallest absolute Gasteiger partial charge is 0.409 e. The Morgan fingerprint density at radius 2 is 1.66 bits per heavy atom. The van der Waals surface area contributed by atoms with E-state index >= 15 is 0 Å². The van der Waals surface area contributed by atoms with Crippen molar-refractivity contribution in [3.63, 3.8) is 0 Å². The van der Waals surface area contributed by atoms with Crippen molar-refractivity contribution in [2.75, 3.05) is 53.4 Å². The number of aromatic nitrogens is 1. The van der Waals surface area contributed by atoms with Crippen molar-refractivity contribution < 1.29 is 14.3 Å². The molecule has 0 atom stereocenters. The zero-order valence-electron chi connectivity index (χ0n) is 23.0. The minimum atomic E-state index is -0.315. The highest BCUT2D eigenvalue weighted by Gasteiger charge is 2.26. The third-order valence-corrected chi connectivity index (χ3v) is 7.25. The topological polar surface area (TPSA) is 66.0 Å². The van der Waals surface area contributed by atoms with Crippen LogP contribution in [0.2, 0.25) is 5.02 Å². The average molecular weight is 537 g/mol. The lowest BCUT2D eigenvalue weighted by atomic mass is 9.83. The van der Waals surface area contributed by atoms with Gasteiger partial charge in [0.25, 0.3) is 5.91 Å². The molecule has 0 spiro atoms. The Bertz CT molecular complexity index is 1300. The third-order valence-electron chi connectivity index (χ3n) is 6.93. The molecule has 3 aromatic rings. The van der Waals surface area contributed by atoms with Gasteiger partial charge in [0.15, 0.2) is 0 Å². The van der Waals surface area contributed by atoms with Crippen LogP contribution in [-0.4, -0.2) is 85.1 Å². The minimum absolute atomic E-state index is 0.0209. The molecule has 2 amide bonds. The van der Waals surface area contributed by atoms with Crippen molar-refractivity contribution >= 4 is 34.5 Å². The van der Waals surface area contributed by atoms with Crippen molar-refractivity contribution in [3.8, 4) is 11.3 Å². The second-order valence-corrected chi connectivity index (χ2v) is 11.2. The lowest BCUT2D eigenvalue weighted by Gasteiger charge is -2.34. The second-order valence-electron chi connectivity index (χ2n) is 10.8. The fourth-order valence-corrected chi connectivity index (χ4v) is 5.26. The largest absolute Gasteiger partial charge is 0.449 e. The van der Waals surface area contributed by atoms with Gasteiger partial charge in [0.1, 0.15) is 0 Å². The van der Waals surface area contributed by atoms with Crippen LogP contribution >= 0.6 is 11.6 Å². The number of carbonyl (C=O) groups excluding carboxylic acids is 2. The van der Waals surface area contributed by atoms with E-state index in [1.807, 2.05) is 25.1 Å². The Labute approximate surface area is 230 Å². The highest BCUT2D eigenvalue weighted by atomic mass is 35.5. The number of carbonyl (C=O) groups is 2. The molecule has 202 valence electrons. The monoisotopic (exact) mass is 536 g/mol. The Morgan fingerprint density at radius 3 is 2.29 bits per heavy atom. The summed E-state index contributed by atoms with van der Waals surface area (Å²) in [6, 6.07) is 15.8. The van der Waals surface area contributed by atoms with Crippen LogP contribution in [0.15, 0.2) is 48.5 Å². The summed E-state index contributed by atoms with van der Waals surface area (Å²) >= 11 is 6.65. The van der Waals surface area contributed by atoms with Gasteiger partial charge in [-0.05, 0) is 44.3 Å². The maximum atomic E-state index is 13.3. The molecule has 0 N–H and O–H groups in total. The first-order valence-electron chi connectivity index (χ1n) is 13.2. The zero-order chi connectivity index (χ0) is 27.4. The molecule has 0 unspecified atom stereocenters. The van der Waals surface area contributed by atoms with Crippen molar-refractivity contribution in [1.29, 1.82) is 0 Å². The highest BCUT2D eigenvalue weighted by molar-refractivity contribution is 6.35. The molecule has 0 aliphatic carbocycles. The van der Waals surface area contributed by atoms with Gasteiger partial charge in [0, 0.05) is 54.7 Å². The summed E-state index contributed by atoms with van der Waals surface area (Å²) in [5.74, 6) is -0.0794. The molecule has 38 heavy (non-hydrogen) atoms. The van der Waals surface area contributed by atoms with Gasteiger partial charge in [-0.3, -0.25) is 4.79 Å². The van der Waals surface area contributed by atoms with Crippen LogP contribution in [-0.2, 0) is 10.2 Å². The Balaban J connectivity index is 1.52. The Hall–Kier alpha value is -3.16. The summed E-state index contributed by atoms with van der Waals surface area (Å²) in [6.45, 7) is 9.63. The number of nitrogens with zero attached hydrogens (tertiary/aromatic N) is 4. The van der Waals surface area contributed by atoms with Crippen LogP contribution in [0.1, 0.15) is 43.1 Å². The van der Waals surface area contributed by atoms with Crippen LogP contribution in [0.4, 0.5) is 4.79 Å². The molecule has 1 aliphatic heterocycles. The molecule has 7 nitrogen and oxygen atoms in total. The van der Waals surface area contributed by atoms with Crippen molar-refractivity contribution in [2.24, 2.45) is 0 Å². The lowest BCUT2D eigenvalue weighted by Crippen LogP contribution is -2.50. The predicted molar refractivity (Wildman–Crippen MR) is 153 cm³/mol. The molecule has 1 fully saturated rings. The van der Waals surface area contributed by atoms with Crippen LogP contribution in [0.3, 0.4) is 0 Å². The van der Waals surface area contributed by atoms with E-state index in [-0.39, 0.29) is 17.4 Å². The SMILES string of the molecule is CCCOC(=O)N1CCN(C(=O)c2ccc3c(Cl)cc(-c4ccc(C(C)(C)CN(C)C)cc4)nc3c2)CC1. The molecule has 0 radical (unpaired) electrons. The van der Waals surface area contributed by atoms with Gasteiger partial charge in [0.2, 0.25) is 0 Å². The Morgan fingerprint density at radius 1 is 1.00 bits per heavy atom. The van der Waals surface area contributed by atoms with E-state index in [1.54, 1.807) is 15.9 Å². The second kappa shape index (κ2) is 11.7. The molecular formula is C30H37ClN4O3. The van der Waals surface area contributed by atoms with Gasteiger partial charge in [0.05, 0.1) is 22.8 Å². The van der Waals surface area contributed by atoms with E-state index in [0.717, 1.165) is 29.6 Å². The summed E-state index contributed by atoms with van der Waals surface area (Å²) in [4.78, 5) is 35.9. The summed E-state index contributed by atoms with van der Waals surface area (Å²) in [7, 11) is 4.17. The first-order chi connectivity index (χ1) is 18.1. The Kier molecular flexibility index (Phi) is 8.58. The van der Waals surface area contributed by atoms with Crippen LogP contribution in [0.25, 0.3) is 22.2 Å². The number of fused-ring (bicyclic) bond motifs is 1. The van der Waals surface area contributed by atoms with E-state index in [1.165, 1.54) is 5.56 Å². The molecule has 1 aromatic heterocycles. The number of hydrogen-bond donors (Lipinski definition) is 0. The molecule has 2 heterocycles. The first-order valence-corrected chi connectivity index (χ1v) is 13.5. The summed E-state index contributed by atoms with van der Waals surface area (Å²) in [5.41, 5.74) is 4.25. The fraction of sp³-hybridized carbons (Fsp3) is 0.433. The van der Waals surface area contributed by atoms with Crippen LogP contribution in [0, 0.1) is 0 Å². The minimum Gasteiger partial charge on any atom is -0.449 e. The zero-order valence-corrected chi connectivity index (χ0v) is 23.7. The molecule has 4 rings (SSSR count). The number of likely N-dealkylation sites (N-methyl/N-ethyl adjacent to an activating group) is 1. The van der Waals surface area contributed by atoms with Gasteiger partial charge in [-0.2, -0.15) is 0 Å². The van der Waals surface area contributed by atoms with Crippen LogP contribution < -0.4 is 0 Å². The normalized spacial score (nSPS) is 14.3. The van der Waals surface area contributed by atoms with E-state index < -0.39 is 0 Å². The lowest BCUT2D eigenvalue weighted by molar-refractivity contribution is 0.0560. The number of benzene rings is 2. The standard InChI is InChI=1S/C30H37ClN4O3/c1-6-17-38-29(37)35-15-13-34(14-16-35)28(36)22-9-12-24-25(31)19-26(32-27(24)18-22)21-7-10-23(11-8-21)30(2,3)20-33(4)5/h7-12,18-19H,6,13-17,20H2,1-5H3. The van der Waals surface area contributed by atoms with E-state index in [2.05, 4.69) is 57.1 Å². The third kappa shape index (κ3) is 6.27. The number of hydrogen-bond acceptors (Lipinski definition) is 5. The first kappa shape index (κ1) is 27.9. The van der Waals surface area contributed by atoms with Crippen molar-refractivity contribution in [3.05, 3.63) is 64.7 Å². The van der Waals surface area contributed by atoms with Crippen LogP contribution in [0.5, 0.6) is 0 Å². The predicted octanol–water partition coefficient (Wildman–Crippen LogP) is 5.70. The maximum Gasteiger partial charge on any atom is 0.409 e. The van der Waals surface area contributed by atoms with Crippen molar-refractivity contribution in [2.45, 2.75) is 32.6 Å². The molecule has 8 heteroatoms. The molecule has 0 saturated carbocycles. The number of rotatable bonds is 7. The summed E-state index contributed by atoms with van der Waals surface area (Å²) < 4.78 is 5.22.